The van der Waals surface area contributed by atoms with Gasteiger partial charge in [-0.05, 0) is 19.8 Å². The highest BCUT2D eigenvalue weighted by atomic mass is 16.5. The van der Waals surface area contributed by atoms with Gasteiger partial charge in [0.1, 0.15) is 0 Å². The van der Waals surface area contributed by atoms with Crippen molar-refractivity contribution in [1.82, 2.24) is 0 Å². The molecular weight excluding hydrogens is 136 g/mol. The molecule has 0 bridgehead atoms. The molecule has 0 aromatic heterocycles. The molecule has 1 heteroatoms. The van der Waals surface area contributed by atoms with Crippen LogP contribution in [0.25, 0.3) is 0 Å². The van der Waals surface area contributed by atoms with E-state index in [1.807, 2.05) is 0 Å². The van der Waals surface area contributed by atoms with Gasteiger partial charge in [0.25, 0.3) is 0 Å². The predicted molar refractivity (Wildman–Crippen MR) is 47.5 cm³/mol. The summed E-state index contributed by atoms with van der Waals surface area (Å²) in [6.07, 6.45) is 8.99. The van der Waals surface area contributed by atoms with Crippen molar-refractivity contribution in [3.63, 3.8) is 0 Å². The molecule has 0 fully saturated rings. The van der Waals surface area contributed by atoms with Crippen LogP contribution in [0.4, 0.5) is 0 Å². The van der Waals surface area contributed by atoms with E-state index in [1.54, 1.807) is 0 Å². The van der Waals surface area contributed by atoms with Crippen molar-refractivity contribution in [3.8, 4) is 0 Å². The van der Waals surface area contributed by atoms with Gasteiger partial charge in [-0.2, -0.15) is 0 Å². The minimum atomic E-state index is 0.333. The lowest BCUT2D eigenvalue weighted by Crippen LogP contribution is -2.11. The van der Waals surface area contributed by atoms with Crippen LogP contribution in [0.5, 0.6) is 0 Å². The van der Waals surface area contributed by atoms with Crippen molar-refractivity contribution in [3.05, 3.63) is 23.8 Å². The molecule has 0 aromatic rings. The summed E-state index contributed by atoms with van der Waals surface area (Å²) in [5.41, 5.74) is 1.32. The topological polar surface area (TPSA) is 9.23 Å². The Kier molecular flexibility index (Phi) is 3.37. The van der Waals surface area contributed by atoms with Crippen LogP contribution in [0.1, 0.15) is 26.7 Å². The van der Waals surface area contributed by atoms with Crippen LogP contribution >= 0.6 is 0 Å². The van der Waals surface area contributed by atoms with Crippen molar-refractivity contribution in [2.45, 2.75) is 32.8 Å². The van der Waals surface area contributed by atoms with E-state index >= 15 is 0 Å². The Balaban J connectivity index is 2.31. The van der Waals surface area contributed by atoms with Gasteiger partial charge < -0.3 is 4.74 Å². The lowest BCUT2D eigenvalue weighted by Gasteiger charge is -2.15. The van der Waals surface area contributed by atoms with Gasteiger partial charge >= 0.3 is 0 Å². The van der Waals surface area contributed by atoms with E-state index in [0.29, 0.717) is 6.10 Å². The third-order valence-corrected chi connectivity index (χ3v) is 1.73. The number of ether oxygens (including phenoxy) is 1. The van der Waals surface area contributed by atoms with Gasteiger partial charge in [0.2, 0.25) is 0 Å². The zero-order valence-corrected chi connectivity index (χ0v) is 7.34. The van der Waals surface area contributed by atoms with Gasteiger partial charge in [0.15, 0.2) is 0 Å². The first-order valence-electron chi connectivity index (χ1n) is 4.29. The van der Waals surface area contributed by atoms with E-state index in [4.69, 9.17) is 4.74 Å². The van der Waals surface area contributed by atoms with E-state index in [1.165, 1.54) is 5.57 Å². The van der Waals surface area contributed by atoms with E-state index in [2.05, 4.69) is 32.1 Å². The summed E-state index contributed by atoms with van der Waals surface area (Å²) in [6, 6.07) is 0. The van der Waals surface area contributed by atoms with Crippen LogP contribution in [-0.4, -0.2) is 12.7 Å². The fraction of sp³-hybridized carbons (Fsp3) is 0.600. The van der Waals surface area contributed by atoms with Crippen LogP contribution in [0, 0.1) is 0 Å². The lowest BCUT2D eigenvalue weighted by atomic mass is 10.1. The fourth-order valence-corrected chi connectivity index (χ4v) is 1.19. The zero-order valence-electron chi connectivity index (χ0n) is 7.34. The first-order chi connectivity index (χ1) is 5.33. The average Bonchev–Trinajstić information content (AvgIpc) is 2.01. The third-order valence-electron chi connectivity index (χ3n) is 1.73. The number of hydrogen-bond acceptors (Lipinski definition) is 1. The molecule has 0 saturated heterocycles. The Labute approximate surface area is 68.8 Å². The van der Waals surface area contributed by atoms with Gasteiger partial charge in [-0.3, -0.25) is 0 Å². The molecule has 0 saturated carbocycles. The molecule has 1 atom stereocenters. The first kappa shape index (κ1) is 8.54. The van der Waals surface area contributed by atoms with Crippen molar-refractivity contribution < 1.29 is 4.74 Å². The molecule has 1 aliphatic rings. The van der Waals surface area contributed by atoms with Gasteiger partial charge in [-0.25, -0.2) is 0 Å². The van der Waals surface area contributed by atoms with Crippen molar-refractivity contribution in [1.29, 1.82) is 0 Å². The fourth-order valence-electron chi connectivity index (χ4n) is 1.19. The van der Waals surface area contributed by atoms with Crippen molar-refractivity contribution >= 4 is 0 Å². The molecule has 0 heterocycles. The third kappa shape index (κ3) is 2.89. The summed E-state index contributed by atoms with van der Waals surface area (Å²) in [5, 5.41) is 0. The molecule has 62 valence electrons. The highest BCUT2D eigenvalue weighted by Gasteiger charge is 2.05. The molecule has 0 amide bonds. The van der Waals surface area contributed by atoms with E-state index < -0.39 is 0 Å². The molecule has 1 nitrogen and oxygen atoms in total. The van der Waals surface area contributed by atoms with E-state index in [0.717, 1.165) is 19.4 Å². The molecule has 1 unspecified atom stereocenters. The summed E-state index contributed by atoms with van der Waals surface area (Å²) in [5.74, 6) is 0. The quantitative estimate of drug-likeness (QED) is 0.604. The van der Waals surface area contributed by atoms with E-state index in [-0.39, 0.29) is 0 Å². The monoisotopic (exact) mass is 152 g/mol. The number of rotatable bonds is 3. The molecule has 0 aromatic carbocycles. The van der Waals surface area contributed by atoms with Gasteiger partial charge in [-0.1, -0.05) is 30.7 Å². The Morgan fingerprint density at radius 1 is 1.64 bits per heavy atom. The second-order valence-electron chi connectivity index (χ2n) is 2.96. The summed E-state index contributed by atoms with van der Waals surface area (Å²) >= 11 is 0. The Morgan fingerprint density at radius 3 is 3.09 bits per heavy atom. The maximum absolute atomic E-state index is 5.57. The number of allylic oxidation sites excluding steroid dienone is 2. The summed E-state index contributed by atoms with van der Waals surface area (Å²) in [6.45, 7) is 5.12. The van der Waals surface area contributed by atoms with Crippen LogP contribution in [0.2, 0.25) is 0 Å². The molecule has 1 aliphatic carbocycles. The SMILES string of the molecule is CCCOC1C=C(C)C=CC1. The number of hydrogen-bond donors (Lipinski definition) is 0. The normalized spacial score (nSPS) is 23.5. The first-order valence-corrected chi connectivity index (χ1v) is 4.29. The maximum atomic E-state index is 5.57. The molecule has 0 N–H and O–H groups in total. The Morgan fingerprint density at radius 2 is 2.45 bits per heavy atom. The molecule has 0 radical (unpaired) electrons. The molecule has 0 aliphatic heterocycles. The maximum Gasteiger partial charge on any atom is 0.0795 e. The predicted octanol–water partition coefficient (Wildman–Crippen LogP) is 2.69. The second kappa shape index (κ2) is 4.35. The Hall–Kier alpha value is -0.560. The molecule has 0 spiro atoms. The summed E-state index contributed by atoms with van der Waals surface area (Å²) in [7, 11) is 0. The van der Waals surface area contributed by atoms with Gasteiger partial charge in [0, 0.05) is 6.61 Å². The van der Waals surface area contributed by atoms with Crippen molar-refractivity contribution in [2.24, 2.45) is 0 Å². The van der Waals surface area contributed by atoms with Crippen LogP contribution < -0.4 is 0 Å². The second-order valence-corrected chi connectivity index (χ2v) is 2.96. The smallest absolute Gasteiger partial charge is 0.0795 e. The summed E-state index contributed by atoms with van der Waals surface area (Å²) in [4.78, 5) is 0. The molecule has 1 rings (SSSR count). The molecular formula is C10H16O. The largest absolute Gasteiger partial charge is 0.374 e. The van der Waals surface area contributed by atoms with Crippen LogP contribution in [-0.2, 0) is 4.74 Å². The highest BCUT2D eigenvalue weighted by molar-refractivity contribution is 5.22. The zero-order chi connectivity index (χ0) is 8.10. The molecule has 11 heavy (non-hydrogen) atoms. The van der Waals surface area contributed by atoms with Crippen LogP contribution in [0.15, 0.2) is 23.8 Å². The highest BCUT2D eigenvalue weighted by Crippen LogP contribution is 2.12. The average molecular weight is 152 g/mol. The van der Waals surface area contributed by atoms with Gasteiger partial charge in [-0.15, -0.1) is 0 Å². The van der Waals surface area contributed by atoms with Gasteiger partial charge in [0.05, 0.1) is 6.10 Å². The van der Waals surface area contributed by atoms with Crippen molar-refractivity contribution in [2.75, 3.05) is 6.61 Å². The van der Waals surface area contributed by atoms with E-state index in [9.17, 15) is 0 Å². The van der Waals surface area contributed by atoms with Crippen LogP contribution in [0.3, 0.4) is 0 Å². The minimum absolute atomic E-state index is 0.333. The summed E-state index contributed by atoms with van der Waals surface area (Å²) < 4.78 is 5.57. The Bertz CT molecular complexity index is 168. The standard InChI is InChI=1S/C10H16O/c1-3-7-11-10-6-4-5-9(2)8-10/h4-5,8,10H,3,6-7H2,1-2H3. The lowest BCUT2D eigenvalue weighted by molar-refractivity contribution is 0.0865. The minimum Gasteiger partial charge on any atom is -0.374 e.